The minimum Gasteiger partial charge on any atom is -0.508 e. The monoisotopic (exact) mass is 311 g/mol. The first-order valence-electron chi connectivity index (χ1n) is 4.89. The predicted octanol–water partition coefficient (Wildman–Crippen LogP) is 3.49. The Morgan fingerprint density at radius 2 is 2.18 bits per heavy atom. The molecule has 2 aromatic rings. The van der Waals surface area contributed by atoms with Gasteiger partial charge in [-0.15, -0.1) is 11.3 Å². The Kier molecular flexibility index (Phi) is 3.49. The van der Waals surface area contributed by atoms with Gasteiger partial charge in [0.05, 0.1) is 9.35 Å². The summed E-state index contributed by atoms with van der Waals surface area (Å²) in [5.74, 6) is 0.0474. The molecule has 5 heteroatoms. The summed E-state index contributed by atoms with van der Waals surface area (Å²) < 4.78 is 0.921. The zero-order valence-electron chi connectivity index (χ0n) is 9.05. The number of aromatic hydroxyl groups is 1. The minimum absolute atomic E-state index is 0.0995. The average Bonchev–Trinajstić information content (AvgIpc) is 2.74. The molecule has 0 saturated carbocycles. The van der Waals surface area contributed by atoms with E-state index in [1.807, 2.05) is 0 Å². The molecule has 1 amide bonds. The number of phenolic OH excluding ortho intramolecular Hbond substituents is 1. The molecule has 0 unspecified atom stereocenters. The van der Waals surface area contributed by atoms with Crippen LogP contribution in [0, 0.1) is 0 Å². The van der Waals surface area contributed by atoms with Crippen LogP contribution in [-0.4, -0.2) is 18.1 Å². The SMILES string of the molecule is CN(C(=O)c1csc(Br)c1)c1cccc(O)c1. The average molecular weight is 312 g/mol. The van der Waals surface area contributed by atoms with Crippen molar-refractivity contribution in [3.05, 3.63) is 45.1 Å². The van der Waals surface area contributed by atoms with Crippen LogP contribution >= 0.6 is 27.3 Å². The third-order valence-corrected chi connectivity index (χ3v) is 3.84. The van der Waals surface area contributed by atoms with Crippen molar-refractivity contribution in [2.45, 2.75) is 0 Å². The first-order chi connectivity index (χ1) is 8.08. The predicted molar refractivity (Wildman–Crippen MR) is 72.9 cm³/mol. The van der Waals surface area contributed by atoms with Crippen molar-refractivity contribution in [1.82, 2.24) is 0 Å². The molecule has 1 heterocycles. The summed E-state index contributed by atoms with van der Waals surface area (Å²) in [5, 5.41) is 11.2. The first-order valence-corrected chi connectivity index (χ1v) is 6.56. The lowest BCUT2D eigenvalue weighted by atomic mass is 10.2. The van der Waals surface area contributed by atoms with E-state index < -0.39 is 0 Å². The fourth-order valence-corrected chi connectivity index (χ4v) is 2.57. The van der Waals surface area contributed by atoms with Crippen LogP contribution in [-0.2, 0) is 0 Å². The fraction of sp³-hybridized carbons (Fsp3) is 0.0833. The molecule has 0 aliphatic rings. The molecule has 17 heavy (non-hydrogen) atoms. The second-order valence-electron chi connectivity index (χ2n) is 3.52. The van der Waals surface area contributed by atoms with Crippen molar-refractivity contribution < 1.29 is 9.90 Å². The Bertz CT molecular complexity index is 553. The van der Waals surface area contributed by atoms with Crippen LogP contribution in [0.15, 0.2) is 39.5 Å². The summed E-state index contributed by atoms with van der Waals surface area (Å²) >= 11 is 4.79. The number of thiophene rings is 1. The van der Waals surface area contributed by atoms with Gasteiger partial charge in [-0.2, -0.15) is 0 Å². The van der Waals surface area contributed by atoms with E-state index in [1.165, 1.54) is 16.2 Å². The summed E-state index contributed by atoms with van der Waals surface area (Å²) in [6.07, 6.45) is 0. The van der Waals surface area contributed by atoms with Crippen LogP contribution in [0.5, 0.6) is 5.75 Å². The minimum atomic E-state index is -0.0995. The summed E-state index contributed by atoms with van der Waals surface area (Å²) in [5.41, 5.74) is 1.30. The highest BCUT2D eigenvalue weighted by atomic mass is 79.9. The first kappa shape index (κ1) is 12.1. The molecule has 0 aliphatic carbocycles. The molecule has 0 saturated heterocycles. The zero-order chi connectivity index (χ0) is 12.4. The number of phenols is 1. The van der Waals surface area contributed by atoms with Crippen molar-refractivity contribution in [3.63, 3.8) is 0 Å². The van der Waals surface area contributed by atoms with Crippen LogP contribution in [0.1, 0.15) is 10.4 Å². The highest BCUT2D eigenvalue weighted by Gasteiger charge is 2.15. The number of hydrogen-bond acceptors (Lipinski definition) is 3. The van der Waals surface area contributed by atoms with Crippen LogP contribution in [0.2, 0.25) is 0 Å². The van der Waals surface area contributed by atoms with Crippen molar-refractivity contribution in [1.29, 1.82) is 0 Å². The molecule has 1 aromatic carbocycles. The van der Waals surface area contributed by atoms with E-state index in [0.717, 1.165) is 3.79 Å². The summed E-state index contributed by atoms with van der Waals surface area (Å²) in [7, 11) is 1.68. The molecule has 1 N–H and O–H groups in total. The molecule has 2 rings (SSSR count). The van der Waals surface area contributed by atoms with Gasteiger partial charge in [0.15, 0.2) is 0 Å². The summed E-state index contributed by atoms with van der Waals surface area (Å²) in [6, 6.07) is 8.39. The second-order valence-corrected chi connectivity index (χ2v) is 5.81. The van der Waals surface area contributed by atoms with Crippen molar-refractivity contribution in [3.8, 4) is 5.75 Å². The van der Waals surface area contributed by atoms with Crippen LogP contribution in [0.4, 0.5) is 5.69 Å². The maximum absolute atomic E-state index is 12.1. The standard InChI is InChI=1S/C12H10BrNO2S/c1-14(9-3-2-4-10(15)6-9)12(16)8-5-11(13)17-7-8/h2-7,15H,1H3. The van der Waals surface area contributed by atoms with E-state index in [2.05, 4.69) is 15.9 Å². The van der Waals surface area contributed by atoms with Gasteiger partial charge in [-0.05, 0) is 34.1 Å². The van der Waals surface area contributed by atoms with Gasteiger partial charge in [-0.25, -0.2) is 0 Å². The van der Waals surface area contributed by atoms with Crippen LogP contribution in [0.25, 0.3) is 0 Å². The van der Waals surface area contributed by atoms with E-state index >= 15 is 0 Å². The van der Waals surface area contributed by atoms with Gasteiger partial charge in [0.2, 0.25) is 0 Å². The van der Waals surface area contributed by atoms with Crippen molar-refractivity contribution in [2.75, 3.05) is 11.9 Å². The lowest BCUT2D eigenvalue weighted by molar-refractivity contribution is 0.0993. The molecule has 0 spiro atoms. The Hall–Kier alpha value is -1.33. The molecule has 3 nitrogen and oxygen atoms in total. The van der Waals surface area contributed by atoms with Crippen molar-refractivity contribution in [2.24, 2.45) is 0 Å². The number of halogens is 1. The maximum Gasteiger partial charge on any atom is 0.258 e. The van der Waals surface area contributed by atoms with E-state index in [-0.39, 0.29) is 11.7 Å². The lowest BCUT2D eigenvalue weighted by Gasteiger charge is -2.16. The van der Waals surface area contributed by atoms with Crippen molar-refractivity contribution >= 4 is 38.9 Å². The van der Waals surface area contributed by atoms with Crippen LogP contribution < -0.4 is 4.90 Å². The summed E-state index contributed by atoms with van der Waals surface area (Å²) in [4.78, 5) is 13.6. The highest BCUT2D eigenvalue weighted by molar-refractivity contribution is 9.11. The smallest absolute Gasteiger partial charge is 0.258 e. The third-order valence-electron chi connectivity index (χ3n) is 2.34. The van der Waals surface area contributed by atoms with E-state index in [4.69, 9.17) is 0 Å². The second kappa shape index (κ2) is 4.89. The maximum atomic E-state index is 12.1. The number of rotatable bonds is 2. The number of nitrogens with zero attached hydrogens (tertiary/aromatic N) is 1. The van der Waals surface area contributed by atoms with Crippen LogP contribution in [0.3, 0.4) is 0 Å². The zero-order valence-corrected chi connectivity index (χ0v) is 11.5. The number of benzene rings is 1. The molecule has 1 aromatic heterocycles. The Morgan fingerprint density at radius 1 is 1.41 bits per heavy atom. The molecular formula is C12H10BrNO2S. The molecule has 0 fully saturated rings. The fourth-order valence-electron chi connectivity index (χ4n) is 1.43. The van der Waals surface area contributed by atoms with Gasteiger partial charge in [-0.3, -0.25) is 4.79 Å². The Balaban J connectivity index is 2.26. The largest absolute Gasteiger partial charge is 0.508 e. The molecule has 0 radical (unpaired) electrons. The lowest BCUT2D eigenvalue weighted by Crippen LogP contribution is -2.25. The molecule has 88 valence electrons. The molecule has 0 atom stereocenters. The number of carbonyl (C=O) groups is 1. The molecule has 0 bridgehead atoms. The Morgan fingerprint density at radius 3 is 2.76 bits per heavy atom. The van der Waals surface area contributed by atoms with Gasteiger partial charge in [0, 0.05) is 24.2 Å². The van der Waals surface area contributed by atoms with E-state index in [0.29, 0.717) is 11.3 Å². The van der Waals surface area contributed by atoms with Gasteiger partial charge in [0.1, 0.15) is 5.75 Å². The highest BCUT2D eigenvalue weighted by Crippen LogP contribution is 2.24. The van der Waals surface area contributed by atoms with E-state index in [9.17, 15) is 9.90 Å². The Labute approximate surface area is 111 Å². The normalized spacial score (nSPS) is 10.2. The van der Waals surface area contributed by atoms with Gasteiger partial charge >= 0.3 is 0 Å². The quantitative estimate of drug-likeness (QED) is 0.922. The van der Waals surface area contributed by atoms with Gasteiger partial charge in [-0.1, -0.05) is 6.07 Å². The van der Waals surface area contributed by atoms with Gasteiger partial charge in [0.25, 0.3) is 5.91 Å². The molecule has 0 aliphatic heterocycles. The number of amides is 1. The third kappa shape index (κ3) is 2.68. The number of anilines is 1. The molecular weight excluding hydrogens is 302 g/mol. The summed E-state index contributed by atoms with van der Waals surface area (Å²) in [6.45, 7) is 0. The van der Waals surface area contributed by atoms with E-state index in [1.54, 1.807) is 42.8 Å². The topological polar surface area (TPSA) is 40.5 Å². The van der Waals surface area contributed by atoms with Gasteiger partial charge < -0.3 is 10.0 Å². The number of hydrogen-bond donors (Lipinski definition) is 1. The number of carbonyl (C=O) groups excluding carboxylic acids is 1.